The van der Waals surface area contributed by atoms with E-state index in [1.807, 2.05) is 0 Å². The van der Waals surface area contributed by atoms with Gasteiger partial charge in [0, 0.05) is 0 Å². The summed E-state index contributed by atoms with van der Waals surface area (Å²) in [6.07, 6.45) is -4.50. The van der Waals surface area contributed by atoms with Gasteiger partial charge in [0.1, 0.15) is 5.69 Å². The average molecular weight is 339 g/mol. The Morgan fingerprint density at radius 2 is 2.00 bits per heavy atom. The molecule has 0 aliphatic carbocycles. The summed E-state index contributed by atoms with van der Waals surface area (Å²) in [7, 11) is 0. The van der Waals surface area contributed by atoms with Crippen LogP contribution in [0.2, 0.25) is 0 Å². The highest BCUT2D eigenvalue weighted by atomic mass is 32.1. The van der Waals surface area contributed by atoms with E-state index in [1.165, 1.54) is 23.5 Å². The fourth-order valence-electron chi connectivity index (χ4n) is 2.05. The lowest BCUT2D eigenvalue weighted by Crippen LogP contribution is -2.07. The molecule has 0 radical (unpaired) electrons. The molecule has 0 saturated carbocycles. The van der Waals surface area contributed by atoms with Gasteiger partial charge in [-0.3, -0.25) is 0 Å². The van der Waals surface area contributed by atoms with Crippen molar-refractivity contribution in [2.75, 3.05) is 0 Å². The van der Waals surface area contributed by atoms with Gasteiger partial charge in [-0.2, -0.15) is 13.2 Å². The van der Waals surface area contributed by atoms with Crippen LogP contribution >= 0.6 is 11.3 Å². The van der Waals surface area contributed by atoms with Crippen LogP contribution in [0.4, 0.5) is 13.2 Å². The van der Waals surface area contributed by atoms with E-state index in [1.54, 1.807) is 17.5 Å². The molecule has 5 nitrogen and oxygen atoms in total. The summed E-state index contributed by atoms with van der Waals surface area (Å²) in [6.45, 7) is 0. The number of carbonyl (C=O) groups is 1. The van der Waals surface area contributed by atoms with Crippen molar-refractivity contribution in [3.05, 3.63) is 53.0 Å². The maximum Gasteiger partial charge on any atom is 0.416 e. The van der Waals surface area contributed by atoms with Gasteiger partial charge in [-0.25, -0.2) is 9.48 Å². The molecule has 0 amide bonds. The van der Waals surface area contributed by atoms with Crippen LogP contribution in [0.15, 0.2) is 41.8 Å². The minimum atomic E-state index is -4.50. The van der Waals surface area contributed by atoms with E-state index in [0.29, 0.717) is 4.88 Å². The highest BCUT2D eigenvalue weighted by Gasteiger charge is 2.31. The van der Waals surface area contributed by atoms with Crippen LogP contribution in [0.1, 0.15) is 16.1 Å². The Labute approximate surface area is 131 Å². The quantitative estimate of drug-likeness (QED) is 0.790. The Balaban J connectivity index is 2.20. The molecule has 3 aromatic rings. The van der Waals surface area contributed by atoms with Crippen LogP contribution in [0.25, 0.3) is 16.3 Å². The third-order valence-electron chi connectivity index (χ3n) is 3.05. The first-order valence-corrected chi connectivity index (χ1v) is 7.16. The fraction of sp³-hybridized carbons (Fsp3) is 0.0714. The molecule has 0 atom stereocenters. The van der Waals surface area contributed by atoms with Crippen LogP contribution in [0, 0.1) is 0 Å². The number of thiophene rings is 1. The summed E-state index contributed by atoms with van der Waals surface area (Å²) in [6, 6.07) is 7.83. The number of benzene rings is 1. The zero-order chi connectivity index (χ0) is 16.6. The van der Waals surface area contributed by atoms with Crippen molar-refractivity contribution in [2.24, 2.45) is 0 Å². The summed E-state index contributed by atoms with van der Waals surface area (Å²) in [5.41, 5.74) is -0.931. The van der Waals surface area contributed by atoms with Crippen LogP contribution < -0.4 is 0 Å². The molecule has 0 unspecified atom stereocenters. The van der Waals surface area contributed by atoms with Gasteiger partial charge in [0.05, 0.1) is 16.1 Å². The molecule has 2 heterocycles. The van der Waals surface area contributed by atoms with Crippen molar-refractivity contribution >= 4 is 17.3 Å². The van der Waals surface area contributed by atoms with Crippen LogP contribution in [-0.2, 0) is 6.18 Å². The Morgan fingerprint density at radius 3 is 2.61 bits per heavy atom. The van der Waals surface area contributed by atoms with Crippen molar-refractivity contribution in [2.45, 2.75) is 6.18 Å². The highest BCUT2D eigenvalue weighted by Crippen LogP contribution is 2.33. The predicted molar refractivity (Wildman–Crippen MR) is 76.6 cm³/mol. The lowest BCUT2D eigenvalue weighted by atomic mass is 10.2. The van der Waals surface area contributed by atoms with E-state index in [0.717, 1.165) is 16.8 Å². The number of hydrogen-bond acceptors (Lipinski definition) is 4. The number of nitrogens with zero attached hydrogens (tertiary/aromatic N) is 3. The highest BCUT2D eigenvalue weighted by molar-refractivity contribution is 7.13. The summed E-state index contributed by atoms with van der Waals surface area (Å²) < 4.78 is 39.7. The van der Waals surface area contributed by atoms with Gasteiger partial charge >= 0.3 is 12.1 Å². The SMILES string of the molecule is O=C(O)c1nnn(-c2cccc(C(F)(F)F)c2)c1-c1cccs1. The maximum absolute atomic E-state index is 12.9. The largest absolute Gasteiger partial charge is 0.476 e. The second-order valence-corrected chi connectivity index (χ2v) is 5.48. The molecule has 0 fully saturated rings. The smallest absolute Gasteiger partial charge is 0.416 e. The zero-order valence-corrected chi connectivity index (χ0v) is 12.1. The van der Waals surface area contributed by atoms with E-state index in [2.05, 4.69) is 10.3 Å². The molecular weight excluding hydrogens is 331 g/mol. The summed E-state index contributed by atoms with van der Waals surface area (Å²) in [4.78, 5) is 11.8. The molecule has 0 spiro atoms. The van der Waals surface area contributed by atoms with Gasteiger partial charge in [0.2, 0.25) is 0 Å². The summed E-state index contributed by atoms with van der Waals surface area (Å²) >= 11 is 1.24. The first-order chi connectivity index (χ1) is 10.9. The molecule has 1 N–H and O–H groups in total. The van der Waals surface area contributed by atoms with Gasteiger partial charge in [0.25, 0.3) is 0 Å². The number of halogens is 3. The number of aromatic nitrogens is 3. The zero-order valence-electron chi connectivity index (χ0n) is 11.3. The molecule has 1 aromatic carbocycles. The fourth-order valence-corrected chi connectivity index (χ4v) is 2.81. The first-order valence-electron chi connectivity index (χ1n) is 6.28. The van der Waals surface area contributed by atoms with Gasteiger partial charge in [-0.05, 0) is 29.6 Å². The van der Waals surface area contributed by atoms with Crippen molar-refractivity contribution in [3.63, 3.8) is 0 Å². The van der Waals surface area contributed by atoms with Gasteiger partial charge in [0.15, 0.2) is 5.69 Å². The molecular formula is C14H8F3N3O2S. The molecule has 118 valence electrons. The van der Waals surface area contributed by atoms with Gasteiger partial charge in [-0.1, -0.05) is 17.3 Å². The van der Waals surface area contributed by atoms with Crippen LogP contribution in [-0.4, -0.2) is 26.1 Å². The Bertz CT molecular complexity index is 857. The van der Waals surface area contributed by atoms with E-state index in [9.17, 15) is 23.1 Å². The molecule has 2 aromatic heterocycles. The molecule has 9 heteroatoms. The molecule has 0 aliphatic heterocycles. The van der Waals surface area contributed by atoms with E-state index in [4.69, 9.17) is 0 Å². The van der Waals surface area contributed by atoms with Crippen molar-refractivity contribution in [3.8, 4) is 16.3 Å². The number of carboxylic acid groups (broad SMARTS) is 1. The maximum atomic E-state index is 12.9. The standard InChI is InChI=1S/C14H8F3N3O2S/c15-14(16,17)8-3-1-4-9(7-8)20-12(10-5-2-6-23-10)11(13(21)22)18-19-20/h1-7H,(H,21,22). The molecule has 3 rings (SSSR count). The minimum Gasteiger partial charge on any atom is -0.476 e. The Hall–Kier alpha value is -2.68. The molecule has 23 heavy (non-hydrogen) atoms. The lowest BCUT2D eigenvalue weighted by molar-refractivity contribution is -0.137. The van der Waals surface area contributed by atoms with E-state index >= 15 is 0 Å². The van der Waals surface area contributed by atoms with Crippen molar-refractivity contribution in [1.82, 2.24) is 15.0 Å². The number of alkyl halides is 3. The number of rotatable bonds is 3. The summed E-state index contributed by atoms with van der Waals surface area (Å²) in [5, 5.41) is 18.2. The second kappa shape index (κ2) is 5.51. The molecule has 0 aliphatic rings. The lowest BCUT2D eigenvalue weighted by Gasteiger charge is -2.10. The Morgan fingerprint density at radius 1 is 1.22 bits per heavy atom. The van der Waals surface area contributed by atoms with E-state index < -0.39 is 17.7 Å². The van der Waals surface area contributed by atoms with Crippen molar-refractivity contribution in [1.29, 1.82) is 0 Å². The van der Waals surface area contributed by atoms with Gasteiger partial charge in [-0.15, -0.1) is 16.4 Å². The third-order valence-corrected chi connectivity index (χ3v) is 3.92. The van der Waals surface area contributed by atoms with Crippen LogP contribution in [0.5, 0.6) is 0 Å². The first kappa shape index (κ1) is 15.2. The van der Waals surface area contributed by atoms with Gasteiger partial charge < -0.3 is 5.11 Å². The predicted octanol–water partition coefficient (Wildman–Crippen LogP) is 3.71. The number of aromatic carboxylic acids is 1. The summed E-state index contributed by atoms with van der Waals surface area (Å²) in [5.74, 6) is -1.30. The van der Waals surface area contributed by atoms with E-state index in [-0.39, 0.29) is 17.1 Å². The monoisotopic (exact) mass is 339 g/mol. The normalized spacial score (nSPS) is 11.6. The second-order valence-electron chi connectivity index (χ2n) is 4.53. The number of carboxylic acids is 1. The van der Waals surface area contributed by atoms with Crippen molar-refractivity contribution < 1.29 is 23.1 Å². The third kappa shape index (κ3) is 2.82. The number of hydrogen-bond donors (Lipinski definition) is 1. The average Bonchev–Trinajstić information content (AvgIpc) is 3.15. The Kier molecular flexibility index (Phi) is 3.64. The minimum absolute atomic E-state index is 0.0863. The molecule has 0 bridgehead atoms. The molecule has 0 saturated heterocycles. The van der Waals surface area contributed by atoms with Crippen LogP contribution in [0.3, 0.4) is 0 Å². The topological polar surface area (TPSA) is 68.0 Å².